The van der Waals surface area contributed by atoms with Gasteiger partial charge in [0.15, 0.2) is 12.2 Å². The standard InChI is InChI=1S/C10H14N2.C4H6O6.H2O/c1-12-7-3-5-10(12)9-4-2-6-11-8-9;5-1(3(7)8)2(6)4(9)10;/h2,4,6,8,10H,3,5,7H2,1H3;1-2,5-6H,(H,7,8)(H,9,10);1H2/t10-;;/m0../s1. The highest BCUT2D eigenvalue weighted by molar-refractivity contribution is 5.83. The van der Waals surface area contributed by atoms with Gasteiger partial charge in [0, 0.05) is 18.4 Å². The van der Waals surface area contributed by atoms with E-state index in [0.29, 0.717) is 6.04 Å². The molecule has 0 aromatic carbocycles. The molecular weight excluding hydrogens is 308 g/mol. The number of rotatable bonds is 4. The summed E-state index contributed by atoms with van der Waals surface area (Å²) in [4.78, 5) is 26.1. The number of carboxylic acids is 2. The van der Waals surface area contributed by atoms with Crippen LogP contribution in [0.4, 0.5) is 0 Å². The maximum atomic E-state index is 9.77. The Labute approximate surface area is 133 Å². The van der Waals surface area contributed by atoms with Crippen LogP contribution < -0.4 is 0 Å². The normalized spacial score (nSPS) is 19.7. The molecule has 1 aliphatic heterocycles. The first-order chi connectivity index (χ1) is 10.3. The molecule has 9 heteroatoms. The molecule has 1 saturated heterocycles. The van der Waals surface area contributed by atoms with Gasteiger partial charge in [-0.15, -0.1) is 0 Å². The number of carboxylic acid groups (broad SMARTS) is 2. The average Bonchev–Trinajstić information content (AvgIpc) is 2.93. The number of hydrogen-bond donors (Lipinski definition) is 4. The Morgan fingerprint density at radius 1 is 1.26 bits per heavy atom. The Morgan fingerprint density at radius 2 is 1.83 bits per heavy atom. The zero-order chi connectivity index (χ0) is 16.7. The highest BCUT2D eigenvalue weighted by atomic mass is 16.4. The summed E-state index contributed by atoms with van der Waals surface area (Å²) < 4.78 is 0. The van der Waals surface area contributed by atoms with Gasteiger partial charge in [-0.2, -0.15) is 0 Å². The SMILES string of the molecule is CN1CCC[C@H]1c1cccnc1.O.O=C(O)C(O)C(O)C(=O)O. The number of nitrogens with zero attached hydrogens (tertiary/aromatic N) is 2. The number of hydrogen-bond acceptors (Lipinski definition) is 6. The Morgan fingerprint density at radius 3 is 2.17 bits per heavy atom. The molecule has 1 aromatic heterocycles. The molecule has 0 saturated carbocycles. The molecule has 1 fully saturated rings. The molecule has 9 nitrogen and oxygen atoms in total. The summed E-state index contributed by atoms with van der Waals surface area (Å²) in [6.07, 6.45) is 1.87. The summed E-state index contributed by atoms with van der Waals surface area (Å²) in [5.41, 5.74) is 1.36. The van der Waals surface area contributed by atoms with Crippen molar-refractivity contribution in [1.82, 2.24) is 9.88 Å². The van der Waals surface area contributed by atoms with E-state index in [0.717, 1.165) is 0 Å². The minimum Gasteiger partial charge on any atom is -0.479 e. The highest BCUT2D eigenvalue weighted by Crippen LogP contribution is 2.29. The van der Waals surface area contributed by atoms with Crippen LogP contribution in [-0.4, -0.2) is 73.5 Å². The fourth-order valence-corrected chi connectivity index (χ4v) is 2.17. The van der Waals surface area contributed by atoms with Crippen molar-refractivity contribution in [2.75, 3.05) is 13.6 Å². The quantitative estimate of drug-likeness (QED) is 0.540. The molecular formula is C14H22N2O7. The summed E-state index contributed by atoms with van der Waals surface area (Å²) in [6.45, 7) is 1.22. The minimum absolute atomic E-state index is 0. The lowest BCUT2D eigenvalue weighted by atomic mass is 10.1. The molecule has 0 bridgehead atoms. The first-order valence-corrected chi connectivity index (χ1v) is 6.76. The van der Waals surface area contributed by atoms with Gasteiger partial charge in [0.1, 0.15) is 0 Å². The smallest absolute Gasteiger partial charge is 0.335 e. The number of aromatic nitrogens is 1. The lowest BCUT2D eigenvalue weighted by molar-refractivity contribution is -0.165. The number of aliphatic hydroxyl groups excluding tert-OH is 2. The second kappa shape index (κ2) is 9.85. The van der Waals surface area contributed by atoms with Crippen molar-refractivity contribution in [2.45, 2.75) is 31.1 Å². The van der Waals surface area contributed by atoms with Crippen LogP contribution in [0.25, 0.3) is 0 Å². The first kappa shape index (κ1) is 20.9. The molecule has 0 amide bonds. The lowest BCUT2D eigenvalue weighted by Gasteiger charge is -2.18. The van der Waals surface area contributed by atoms with Crippen LogP contribution in [0.3, 0.4) is 0 Å². The van der Waals surface area contributed by atoms with E-state index in [2.05, 4.69) is 23.0 Å². The monoisotopic (exact) mass is 330 g/mol. The van der Waals surface area contributed by atoms with Crippen molar-refractivity contribution < 1.29 is 35.5 Å². The van der Waals surface area contributed by atoms with Gasteiger partial charge in [-0.1, -0.05) is 6.07 Å². The van der Waals surface area contributed by atoms with Gasteiger partial charge in [-0.25, -0.2) is 9.59 Å². The Bertz CT molecular complexity index is 479. The molecule has 23 heavy (non-hydrogen) atoms. The number of likely N-dealkylation sites (tertiary alicyclic amines) is 1. The molecule has 3 atom stereocenters. The number of aliphatic hydroxyl groups is 2. The Hall–Kier alpha value is -2.07. The molecule has 0 radical (unpaired) electrons. The van der Waals surface area contributed by atoms with Crippen LogP contribution in [0.2, 0.25) is 0 Å². The second-order valence-corrected chi connectivity index (χ2v) is 4.99. The third kappa shape index (κ3) is 6.28. The van der Waals surface area contributed by atoms with Gasteiger partial charge < -0.3 is 25.9 Å². The van der Waals surface area contributed by atoms with Crippen LogP contribution in [0.5, 0.6) is 0 Å². The molecule has 0 aliphatic carbocycles. The largest absolute Gasteiger partial charge is 0.479 e. The van der Waals surface area contributed by atoms with Crippen molar-refractivity contribution >= 4 is 11.9 Å². The Kier molecular flexibility index (Phi) is 8.96. The molecule has 2 unspecified atom stereocenters. The summed E-state index contributed by atoms with van der Waals surface area (Å²) in [6, 6.07) is 4.79. The average molecular weight is 330 g/mol. The van der Waals surface area contributed by atoms with E-state index in [4.69, 9.17) is 20.4 Å². The zero-order valence-electron chi connectivity index (χ0n) is 12.7. The van der Waals surface area contributed by atoms with Gasteiger partial charge in [0.05, 0.1) is 0 Å². The van der Waals surface area contributed by atoms with Crippen molar-refractivity contribution in [3.63, 3.8) is 0 Å². The molecule has 1 aromatic rings. The van der Waals surface area contributed by atoms with Crippen molar-refractivity contribution in [2.24, 2.45) is 0 Å². The molecule has 130 valence electrons. The minimum atomic E-state index is -2.27. The summed E-state index contributed by atoms with van der Waals surface area (Å²) in [5.74, 6) is -3.54. The molecule has 2 rings (SSSR count). The van der Waals surface area contributed by atoms with E-state index < -0.39 is 24.1 Å². The first-order valence-electron chi connectivity index (χ1n) is 6.76. The summed E-state index contributed by atoms with van der Waals surface area (Å²) in [5, 5.41) is 32.5. The van der Waals surface area contributed by atoms with Gasteiger partial charge in [-0.05, 0) is 38.1 Å². The van der Waals surface area contributed by atoms with Crippen LogP contribution in [-0.2, 0) is 9.59 Å². The van der Waals surface area contributed by atoms with Gasteiger partial charge in [0.2, 0.25) is 0 Å². The highest BCUT2D eigenvalue weighted by Gasteiger charge is 2.29. The van der Waals surface area contributed by atoms with Crippen molar-refractivity contribution in [3.05, 3.63) is 30.1 Å². The van der Waals surface area contributed by atoms with Crippen LogP contribution in [0, 0.1) is 0 Å². The summed E-state index contributed by atoms with van der Waals surface area (Å²) in [7, 11) is 2.19. The van der Waals surface area contributed by atoms with E-state index >= 15 is 0 Å². The topological polar surface area (TPSA) is 163 Å². The fourth-order valence-electron chi connectivity index (χ4n) is 2.17. The van der Waals surface area contributed by atoms with Gasteiger partial charge >= 0.3 is 11.9 Å². The van der Waals surface area contributed by atoms with E-state index in [9.17, 15) is 9.59 Å². The van der Waals surface area contributed by atoms with Crippen molar-refractivity contribution in [1.29, 1.82) is 0 Å². The van der Waals surface area contributed by atoms with E-state index in [-0.39, 0.29) is 5.48 Å². The second-order valence-electron chi connectivity index (χ2n) is 4.99. The van der Waals surface area contributed by atoms with E-state index in [1.807, 2.05) is 18.5 Å². The molecule has 1 aliphatic rings. The van der Waals surface area contributed by atoms with E-state index in [1.165, 1.54) is 24.9 Å². The number of aliphatic carboxylic acids is 2. The van der Waals surface area contributed by atoms with Gasteiger partial charge in [0.25, 0.3) is 0 Å². The van der Waals surface area contributed by atoms with Crippen LogP contribution in [0.1, 0.15) is 24.4 Å². The molecule has 6 N–H and O–H groups in total. The maximum Gasteiger partial charge on any atom is 0.335 e. The van der Waals surface area contributed by atoms with Crippen LogP contribution >= 0.6 is 0 Å². The maximum absolute atomic E-state index is 9.77. The van der Waals surface area contributed by atoms with Gasteiger partial charge in [-0.3, -0.25) is 9.88 Å². The fraction of sp³-hybridized carbons (Fsp3) is 0.500. The number of carbonyl (C=O) groups is 2. The predicted molar refractivity (Wildman–Crippen MR) is 79.7 cm³/mol. The molecule has 0 spiro atoms. The van der Waals surface area contributed by atoms with Crippen molar-refractivity contribution in [3.8, 4) is 0 Å². The van der Waals surface area contributed by atoms with E-state index in [1.54, 1.807) is 0 Å². The Balaban J connectivity index is 0.000000412. The predicted octanol–water partition coefficient (Wildman–Crippen LogP) is -1.10. The lowest BCUT2D eigenvalue weighted by Crippen LogP contribution is -2.39. The van der Waals surface area contributed by atoms with Crippen LogP contribution in [0.15, 0.2) is 24.5 Å². The summed E-state index contributed by atoms with van der Waals surface area (Å²) >= 11 is 0. The number of pyridine rings is 1. The zero-order valence-corrected chi connectivity index (χ0v) is 12.7. The third-order valence-electron chi connectivity index (χ3n) is 3.39. The third-order valence-corrected chi connectivity index (χ3v) is 3.39. The molecule has 2 heterocycles.